The number of carboxylic acids is 2. The molecule has 0 fully saturated rings. The third-order valence-electron chi connectivity index (χ3n) is 5.86. The van der Waals surface area contributed by atoms with Crippen LogP contribution in [0.1, 0.15) is 65.9 Å². The lowest BCUT2D eigenvalue weighted by Gasteiger charge is -2.17. The fourth-order valence-electron chi connectivity index (χ4n) is 4.11. The van der Waals surface area contributed by atoms with Gasteiger partial charge in [-0.2, -0.15) is 9.97 Å². The molecule has 1 aromatic carbocycles. The first kappa shape index (κ1) is 25.3. The molecule has 184 valence electrons. The highest BCUT2D eigenvalue weighted by Crippen LogP contribution is 2.38. The second kappa shape index (κ2) is 11.2. The maximum absolute atomic E-state index is 12.5. The minimum absolute atomic E-state index is 0.0839. The van der Waals surface area contributed by atoms with Crippen molar-refractivity contribution in [1.29, 1.82) is 0 Å². The summed E-state index contributed by atoms with van der Waals surface area (Å²) in [6, 6.07) is 5.50. The average Bonchev–Trinajstić information content (AvgIpc) is 3.22. The Hall–Kier alpha value is -4.33. The minimum Gasteiger partial charge on any atom is -0.481 e. The van der Waals surface area contributed by atoms with Crippen LogP contribution < -0.4 is 22.1 Å². The molecule has 1 aliphatic rings. The third-order valence-corrected chi connectivity index (χ3v) is 5.86. The number of nitrogens with one attached hydrogen (secondary N) is 2. The van der Waals surface area contributed by atoms with Gasteiger partial charge in [0.25, 0.3) is 5.91 Å². The van der Waals surface area contributed by atoms with Crippen LogP contribution in [-0.2, 0) is 9.59 Å². The molecule has 3 atom stereocenters. The third kappa shape index (κ3) is 6.38. The van der Waals surface area contributed by atoms with Gasteiger partial charge in [0.1, 0.15) is 17.7 Å². The van der Waals surface area contributed by atoms with Crippen molar-refractivity contribution < 1.29 is 24.6 Å². The summed E-state index contributed by atoms with van der Waals surface area (Å²) in [5, 5.41) is 23.6. The Morgan fingerprint density at radius 2 is 1.89 bits per heavy atom. The molecule has 11 heteroatoms. The van der Waals surface area contributed by atoms with Crippen LogP contribution in [0.3, 0.4) is 0 Å². The van der Waals surface area contributed by atoms with Gasteiger partial charge in [0.15, 0.2) is 0 Å². The highest BCUT2D eigenvalue weighted by Gasteiger charge is 2.28. The van der Waals surface area contributed by atoms with Gasteiger partial charge in [-0.15, -0.1) is 5.92 Å². The summed E-state index contributed by atoms with van der Waals surface area (Å²) in [4.78, 5) is 42.8. The van der Waals surface area contributed by atoms with E-state index in [1.165, 1.54) is 0 Å². The van der Waals surface area contributed by atoms with Crippen molar-refractivity contribution in [2.45, 2.75) is 50.5 Å². The smallest absolute Gasteiger partial charge is 0.326 e. The molecular formula is C24H28N6O5. The van der Waals surface area contributed by atoms with E-state index in [0.29, 0.717) is 18.2 Å². The monoisotopic (exact) mass is 480 g/mol. The van der Waals surface area contributed by atoms with Crippen LogP contribution in [0.25, 0.3) is 0 Å². The Bertz CT molecular complexity index is 1170. The summed E-state index contributed by atoms with van der Waals surface area (Å²) >= 11 is 0. The van der Waals surface area contributed by atoms with Gasteiger partial charge in [-0.25, -0.2) is 4.79 Å². The molecule has 2 heterocycles. The number of aromatic nitrogens is 2. The first-order valence-electron chi connectivity index (χ1n) is 11.1. The molecule has 35 heavy (non-hydrogen) atoms. The lowest BCUT2D eigenvalue weighted by atomic mass is 9.88. The molecule has 1 aliphatic heterocycles. The molecule has 0 radical (unpaired) electrons. The number of nitrogens with zero attached hydrogens (tertiary/aromatic N) is 2. The van der Waals surface area contributed by atoms with Crippen molar-refractivity contribution in [3.8, 4) is 11.8 Å². The molecule has 2 unspecified atom stereocenters. The second-order valence-electron chi connectivity index (χ2n) is 8.25. The zero-order chi connectivity index (χ0) is 25.5. The summed E-state index contributed by atoms with van der Waals surface area (Å²) in [6.07, 6.45) is 0.949. The van der Waals surface area contributed by atoms with Gasteiger partial charge >= 0.3 is 11.9 Å². The highest BCUT2D eigenvalue weighted by molar-refractivity contribution is 5.96. The Morgan fingerprint density at radius 1 is 1.17 bits per heavy atom. The minimum atomic E-state index is -1.29. The van der Waals surface area contributed by atoms with E-state index < -0.39 is 23.9 Å². The van der Waals surface area contributed by atoms with Gasteiger partial charge in [0, 0.05) is 35.9 Å². The largest absolute Gasteiger partial charge is 0.481 e. The van der Waals surface area contributed by atoms with E-state index in [4.69, 9.17) is 16.6 Å². The van der Waals surface area contributed by atoms with Crippen LogP contribution in [0.15, 0.2) is 24.3 Å². The van der Waals surface area contributed by atoms with Crippen molar-refractivity contribution in [2.75, 3.05) is 23.3 Å². The summed E-state index contributed by atoms with van der Waals surface area (Å²) < 4.78 is 0. The van der Waals surface area contributed by atoms with E-state index in [9.17, 15) is 19.5 Å². The van der Waals surface area contributed by atoms with Gasteiger partial charge < -0.3 is 32.3 Å². The molecule has 0 spiro atoms. The predicted molar refractivity (Wildman–Crippen MR) is 130 cm³/mol. The topological polar surface area (TPSA) is 194 Å². The maximum atomic E-state index is 12.5. The number of carboxylic acid groups (broad SMARTS) is 2. The number of benzene rings is 1. The molecule has 0 bridgehead atoms. The fraction of sp³-hybridized carbons (Fsp3) is 0.375. The first-order chi connectivity index (χ1) is 16.7. The Labute approximate surface area is 202 Å². The summed E-state index contributed by atoms with van der Waals surface area (Å²) in [6.45, 7) is 2.44. The number of hydrogen-bond donors (Lipinski definition) is 6. The lowest BCUT2D eigenvalue weighted by molar-refractivity contribution is -0.140. The van der Waals surface area contributed by atoms with E-state index in [2.05, 4.69) is 32.4 Å². The number of carbonyl (C=O) groups is 3. The Kier molecular flexibility index (Phi) is 8.09. The zero-order valence-corrected chi connectivity index (χ0v) is 19.2. The average molecular weight is 481 g/mol. The number of hydrogen-bond acceptors (Lipinski definition) is 8. The molecule has 1 aromatic heterocycles. The van der Waals surface area contributed by atoms with Crippen molar-refractivity contribution in [3.05, 3.63) is 41.0 Å². The van der Waals surface area contributed by atoms with E-state index in [-0.39, 0.29) is 36.2 Å². The summed E-state index contributed by atoms with van der Waals surface area (Å²) in [5.74, 6) is 4.36. The van der Waals surface area contributed by atoms with E-state index in [0.717, 1.165) is 24.0 Å². The SMILES string of the molecule is CC#CC(CCC1CNc2nc(N)nc(N)c21)c1ccc(C(=O)N[C@@H](CCC(=O)O)C(=O)O)cc1. The number of fused-ring (bicyclic) bond motifs is 1. The number of amides is 1. The number of nitrogens with two attached hydrogens (primary N) is 2. The quantitative estimate of drug-likeness (QED) is 0.273. The fourth-order valence-corrected chi connectivity index (χ4v) is 4.11. The van der Waals surface area contributed by atoms with E-state index >= 15 is 0 Å². The molecule has 11 nitrogen and oxygen atoms in total. The van der Waals surface area contributed by atoms with Crippen LogP contribution in [-0.4, -0.2) is 50.6 Å². The second-order valence-corrected chi connectivity index (χ2v) is 8.25. The van der Waals surface area contributed by atoms with Gasteiger partial charge in [0.2, 0.25) is 5.95 Å². The standard InChI is InChI=1S/C24H28N6O5/c1-2-3-13(6-9-16-12-27-21-19(16)20(25)29-24(26)30-21)14-4-7-15(8-5-14)22(33)28-17(23(34)35)10-11-18(31)32/h4-5,7-8,13,16-17H,6,9-12H2,1H3,(H,28,33)(H,31,32)(H,34,35)(H5,25,26,27,29,30)/t13?,16?,17-/m0/s1. The van der Waals surface area contributed by atoms with Crippen LogP contribution in [0.4, 0.5) is 17.6 Å². The summed E-state index contributed by atoms with van der Waals surface area (Å²) in [5.41, 5.74) is 13.8. The molecule has 0 saturated heterocycles. The van der Waals surface area contributed by atoms with Crippen LogP contribution in [0.2, 0.25) is 0 Å². The summed E-state index contributed by atoms with van der Waals surface area (Å²) in [7, 11) is 0. The molecule has 1 amide bonds. The van der Waals surface area contributed by atoms with Crippen molar-refractivity contribution >= 4 is 35.4 Å². The molecule has 0 saturated carbocycles. The number of rotatable bonds is 10. The van der Waals surface area contributed by atoms with Crippen LogP contribution in [0.5, 0.6) is 0 Å². The zero-order valence-electron chi connectivity index (χ0n) is 19.2. The number of carbonyl (C=O) groups excluding carboxylic acids is 1. The van der Waals surface area contributed by atoms with Gasteiger partial charge in [-0.1, -0.05) is 18.1 Å². The van der Waals surface area contributed by atoms with E-state index in [1.807, 2.05) is 0 Å². The molecule has 3 rings (SSSR count). The Balaban J connectivity index is 1.66. The number of nitrogen functional groups attached to an aromatic ring is 2. The van der Waals surface area contributed by atoms with Crippen molar-refractivity contribution in [1.82, 2.24) is 15.3 Å². The molecule has 0 aliphatic carbocycles. The first-order valence-corrected chi connectivity index (χ1v) is 11.1. The van der Waals surface area contributed by atoms with Gasteiger partial charge in [-0.05, 0) is 43.9 Å². The van der Waals surface area contributed by atoms with Crippen molar-refractivity contribution in [3.63, 3.8) is 0 Å². The van der Waals surface area contributed by atoms with E-state index in [1.54, 1.807) is 31.2 Å². The van der Waals surface area contributed by atoms with Crippen LogP contribution in [0, 0.1) is 11.8 Å². The van der Waals surface area contributed by atoms with Crippen molar-refractivity contribution in [2.24, 2.45) is 0 Å². The lowest BCUT2D eigenvalue weighted by Crippen LogP contribution is -2.41. The maximum Gasteiger partial charge on any atom is 0.326 e. The van der Waals surface area contributed by atoms with Gasteiger partial charge in [-0.3, -0.25) is 9.59 Å². The highest BCUT2D eigenvalue weighted by atomic mass is 16.4. The predicted octanol–water partition coefficient (Wildman–Crippen LogP) is 1.79. The Morgan fingerprint density at radius 3 is 2.51 bits per heavy atom. The number of aliphatic carboxylic acids is 2. The normalized spacial score (nSPS) is 15.6. The molecular weight excluding hydrogens is 452 g/mol. The molecule has 8 N–H and O–H groups in total. The van der Waals surface area contributed by atoms with Gasteiger partial charge in [0.05, 0.1) is 0 Å². The van der Waals surface area contributed by atoms with Crippen LogP contribution >= 0.6 is 0 Å². The molecule has 2 aromatic rings. The number of anilines is 3.